The van der Waals surface area contributed by atoms with E-state index in [1.54, 1.807) is 6.07 Å². The van der Waals surface area contributed by atoms with Crippen molar-refractivity contribution >= 4 is 22.8 Å². The van der Waals surface area contributed by atoms with Gasteiger partial charge >= 0.3 is 5.97 Å². The van der Waals surface area contributed by atoms with Crippen LogP contribution in [0.4, 0.5) is 4.39 Å². The molecule has 7 nitrogen and oxygen atoms in total. The topological polar surface area (TPSA) is 101 Å². The minimum absolute atomic E-state index is 0.00265. The number of aromatic nitrogens is 1. The van der Waals surface area contributed by atoms with Crippen LogP contribution < -0.4 is 10.1 Å². The average molecular weight is 390 g/mol. The molecular weight excluding hydrogens is 367 g/mol. The van der Waals surface area contributed by atoms with Crippen molar-refractivity contribution in [2.24, 2.45) is 11.3 Å². The third-order valence-electron chi connectivity index (χ3n) is 5.96. The van der Waals surface area contributed by atoms with Crippen molar-refractivity contribution < 1.29 is 28.6 Å². The molecule has 8 heteroatoms. The van der Waals surface area contributed by atoms with Crippen LogP contribution in [0, 0.1) is 17.2 Å². The maximum Gasteiger partial charge on any atom is 0.306 e. The Bertz CT molecular complexity index is 909. The number of hydrogen-bond donors (Lipinski definition) is 3. The SMILES string of the molecule is COc1cc(F)c2cc(C(=O)NCC3CCC4(CO3)CC(C(=O)O)C4)[nH]c2c1. The molecular formula is C20H23FN2O5. The van der Waals surface area contributed by atoms with Gasteiger partial charge in [-0.1, -0.05) is 0 Å². The summed E-state index contributed by atoms with van der Waals surface area (Å²) in [5, 5.41) is 12.2. The van der Waals surface area contributed by atoms with E-state index in [1.807, 2.05) is 0 Å². The second kappa shape index (κ2) is 7.09. The molecule has 2 aliphatic rings. The van der Waals surface area contributed by atoms with E-state index >= 15 is 0 Å². The number of carboxylic acid groups (broad SMARTS) is 1. The largest absolute Gasteiger partial charge is 0.497 e. The highest BCUT2D eigenvalue weighted by atomic mass is 19.1. The van der Waals surface area contributed by atoms with Crippen molar-refractivity contribution in [1.29, 1.82) is 0 Å². The second-order valence-electron chi connectivity index (χ2n) is 7.88. The van der Waals surface area contributed by atoms with Crippen LogP contribution in [0.15, 0.2) is 18.2 Å². The number of H-pyrrole nitrogens is 1. The van der Waals surface area contributed by atoms with E-state index in [2.05, 4.69) is 10.3 Å². The number of amides is 1. The van der Waals surface area contributed by atoms with Crippen LogP contribution in [-0.4, -0.2) is 48.3 Å². The van der Waals surface area contributed by atoms with Crippen LogP contribution in [-0.2, 0) is 9.53 Å². The lowest BCUT2D eigenvalue weighted by Gasteiger charge is -2.49. The summed E-state index contributed by atoms with van der Waals surface area (Å²) in [6.45, 7) is 0.896. The maximum absolute atomic E-state index is 14.1. The number of nitrogens with one attached hydrogen (secondary N) is 2. The number of fused-ring (bicyclic) bond motifs is 1. The zero-order chi connectivity index (χ0) is 19.9. The average Bonchev–Trinajstić information content (AvgIpc) is 3.09. The number of benzene rings is 1. The lowest BCUT2D eigenvalue weighted by molar-refractivity contribution is -0.161. The van der Waals surface area contributed by atoms with E-state index in [1.165, 1.54) is 19.2 Å². The van der Waals surface area contributed by atoms with E-state index in [9.17, 15) is 14.0 Å². The molecule has 1 aromatic heterocycles. The normalized spacial score (nSPS) is 26.8. The Labute approximate surface area is 161 Å². The van der Waals surface area contributed by atoms with Crippen molar-refractivity contribution in [3.63, 3.8) is 0 Å². The quantitative estimate of drug-likeness (QED) is 0.729. The third kappa shape index (κ3) is 3.44. The standard InChI is InChI=1S/C20H23FN2O5/c1-27-13-4-15(21)14-6-17(23-16(14)5-13)18(24)22-9-12-2-3-20(10-28-12)7-11(8-20)19(25)26/h4-6,11-12,23H,2-3,7-10H2,1H3,(H,22,24)(H,25,26). The summed E-state index contributed by atoms with van der Waals surface area (Å²) in [6.07, 6.45) is 2.94. The van der Waals surface area contributed by atoms with Gasteiger partial charge in [-0.05, 0) is 37.2 Å². The lowest BCUT2D eigenvalue weighted by Crippen LogP contribution is -2.49. The number of carbonyl (C=O) groups is 2. The van der Waals surface area contributed by atoms with Crippen LogP contribution in [0.5, 0.6) is 5.75 Å². The molecule has 1 atom stereocenters. The van der Waals surface area contributed by atoms with Crippen molar-refractivity contribution in [3.8, 4) is 5.75 Å². The molecule has 1 aromatic carbocycles. The number of ether oxygens (including phenoxy) is 2. The second-order valence-corrected chi connectivity index (χ2v) is 7.88. The molecule has 0 bridgehead atoms. The van der Waals surface area contributed by atoms with Gasteiger partial charge in [-0.25, -0.2) is 4.39 Å². The van der Waals surface area contributed by atoms with Gasteiger partial charge < -0.3 is 24.9 Å². The lowest BCUT2D eigenvalue weighted by atomic mass is 9.59. The number of carboxylic acids is 1. The van der Waals surface area contributed by atoms with E-state index in [4.69, 9.17) is 14.6 Å². The molecule has 1 aliphatic carbocycles. The third-order valence-corrected chi connectivity index (χ3v) is 5.96. The molecule has 3 N–H and O–H groups in total. The molecule has 1 spiro atoms. The van der Waals surface area contributed by atoms with Gasteiger partial charge in [-0.15, -0.1) is 0 Å². The fourth-order valence-corrected chi connectivity index (χ4v) is 4.27. The predicted octanol–water partition coefficient (Wildman–Crippen LogP) is 2.71. The molecule has 1 saturated heterocycles. The minimum atomic E-state index is -0.729. The molecule has 1 aliphatic heterocycles. The predicted molar refractivity (Wildman–Crippen MR) is 98.9 cm³/mol. The number of aliphatic carboxylic acids is 1. The Hall–Kier alpha value is -2.61. The van der Waals surface area contributed by atoms with Gasteiger partial charge in [-0.3, -0.25) is 9.59 Å². The zero-order valence-electron chi connectivity index (χ0n) is 15.6. The number of hydrogen-bond acceptors (Lipinski definition) is 4. The van der Waals surface area contributed by atoms with Crippen molar-refractivity contribution in [2.75, 3.05) is 20.3 Å². The zero-order valence-corrected chi connectivity index (χ0v) is 15.6. The molecule has 2 aromatic rings. The molecule has 4 rings (SSSR count). The van der Waals surface area contributed by atoms with E-state index in [-0.39, 0.29) is 29.0 Å². The van der Waals surface area contributed by atoms with E-state index in [0.29, 0.717) is 42.6 Å². The fourth-order valence-electron chi connectivity index (χ4n) is 4.27. The Morgan fingerprint density at radius 2 is 2.18 bits per heavy atom. The Kier molecular flexibility index (Phi) is 4.74. The molecule has 2 fully saturated rings. The maximum atomic E-state index is 14.1. The Balaban J connectivity index is 1.31. The number of halogens is 1. The Morgan fingerprint density at radius 1 is 1.39 bits per heavy atom. The van der Waals surface area contributed by atoms with Gasteiger partial charge in [0.1, 0.15) is 17.3 Å². The van der Waals surface area contributed by atoms with Crippen LogP contribution in [0.3, 0.4) is 0 Å². The molecule has 1 saturated carbocycles. The number of carbonyl (C=O) groups excluding carboxylic acids is 1. The van der Waals surface area contributed by atoms with Gasteiger partial charge in [0, 0.05) is 24.1 Å². The summed E-state index contributed by atoms with van der Waals surface area (Å²) in [4.78, 5) is 26.3. The molecule has 150 valence electrons. The monoisotopic (exact) mass is 390 g/mol. The van der Waals surface area contributed by atoms with E-state index in [0.717, 1.165) is 12.8 Å². The van der Waals surface area contributed by atoms with Crippen molar-refractivity contribution in [3.05, 3.63) is 29.7 Å². The summed E-state index contributed by atoms with van der Waals surface area (Å²) < 4.78 is 25.0. The molecule has 1 amide bonds. The van der Waals surface area contributed by atoms with Crippen LogP contribution in [0.25, 0.3) is 10.9 Å². The van der Waals surface area contributed by atoms with Gasteiger partial charge in [0.2, 0.25) is 0 Å². The summed E-state index contributed by atoms with van der Waals surface area (Å²) in [5.41, 5.74) is 0.769. The summed E-state index contributed by atoms with van der Waals surface area (Å²) in [7, 11) is 1.46. The highest BCUT2D eigenvalue weighted by Gasteiger charge is 2.49. The number of rotatable bonds is 5. The minimum Gasteiger partial charge on any atom is -0.497 e. The first-order chi connectivity index (χ1) is 13.4. The van der Waals surface area contributed by atoms with Crippen LogP contribution in [0.1, 0.15) is 36.2 Å². The molecule has 1 unspecified atom stereocenters. The van der Waals surface area contributed by atoms with Crippen LogP contribution >= 0.6 is 0 Å². The molecule has 0 radical (unpaired) electrons. The van der Waals surface area contributed by atoms with Gasteiger partial charge in [0.25, 0.3) is 5.91 Å². The summed E-state index contributed by atoms with van der Waals surface area (Å²) in [5.74, 6) is -1.38. The summed E-state index contributed by atoms with van der Waals surface area (Å²) in [6, 6.07) is 4.40. The highest BCUT2D eigenvalue weighted by molar-refractivity contribution is 5.98. The number of aromatic amines is 1. The molecule has 28 heavy (non-hydrogen) atoms. The van der Waals surface area contributed by atoms with E-state index < -0.39 is 11.8 Å². The smallest absolute Gasteiger partial charge is 0.306 e. The van der Waals surface area contributed by atoms with Gasteiger partial charge in [0.15, 0.2) is 0 Å². The first-order valence-corrected chi connectivity index (χ1v) is 9.38. The van der Waals surface area contributed by atoms with Crippen LogP contribution in [0.2, 0.25) is 0 Å². The first-order valence-electron chi connectivity index (χ1n) is 9.38. The Morgan fingerprint density at radius 3 is 2.82 bits per heavy atom. The highest BCUT2D eigenvalue weighted by Crippen LogP contribution is 2.51. The van der Waals surface area contributed by atoms with Gasteiger partial charge in [-0.2, -0.15) is 0 Å². The summed E-state index contributed by atoms with van der Waals surface area (Å²) >= 11 is 0. The number of methoxy groups -OCH3 is 1. The fraction of sp³-hybridized carbons (Fsp3) is 0.500. The van der Waals surface area contributed by atoms with Gasteiger partial charge in [0.05, 0.1) is 31.3 Å². The first kappa shape index (κ1) is 18.7. The molecule has 2 heterocycles. The van der Waals surface area contributed by atoms with Crippen molar-refractivity contribution in [1.82, 2.24) is 10.3 Å². The van der Waals surface area contributed by atoms with Crippen molar-refractivity contribution in [2.45, 2.75) is 31.8 Å².